The van der Waals surface area contributed by atoms with E-state index >= 15 is 0 Å². The highest BCUT2D eigenvalue weighted by atomic mass is 16.5. The summed E-state index contributed by atoms with van der Waals surface area (Å²) >= 11 is 0. The smallest absolute Gasteiger partial charge is 0.302 e. The van der Waals surface area contributed by atoms with E-state index in [9.17, 15) is 4.79 Å². The van der Waals surface area contributed by atoms with Crippen molar-refractivity contribution in [3.63, 3.8) is 0 Å². The summed E-state index contributed by atoms with van der Waals surface area (Å²) in [6.07, 6.45) is 3.68. The number of carbonyl (C=O) groups is 1. The van der Waals surface area contributed by atoms with Crippen LogP contribution in [-0.2, 0) is 9.53 Å². The Balaban J connectivity index is 2.46. The van der Waals surface area contributed by atoms with Gasteiger partial charge in [-0.05, 0) is 31.1 Å². The molecule has 0 aromatic rings. The van der Waals surface area contributed by atoms with Crippen LogP contribution in [0.25, 0.3) is 0 Å². The number of hydrogen-bond donors (Lipinski definition) is 0. The van der Waals surface area contributed by atoms with Crippen molar-refractivity contribution in [2.45, 2.75) is 46.1 Å². The molecule has 12 heavy (non-hydrogen) atoms. The molecule has 0 unspecified atom stereocenters. The summed E-state index contributed by atoms with van der Waals surface area (Å²) in [4.78, 5) is 10.7. The summed E-state index contributed by atoms with van der Waals surface area (Å²) in [7, 11) is 0. The normalized spacial score (nSPS) is 29.3. The summed E-state index contributed by atoms with van der Waals surface area (Å²) in [6.45, 7) is 5.90. The molecule has 0 saturated heterocycles. The van der Waals surface area contributed by atoms with Gasteiger partial charge in [0.05, 0.1) is 0 Å². The maximum absolute atomic E-state index is 10.7. The van der Waals surface area contributed by atoms with Gasteiger partial charge in [-0.1, -0.05) is 13.8 Å². The highest BCUT2D eigenvalue weighted by Crippen LogP contribution is 2.33. The van der Waals surface area contributed by atoms with E-state index in [0.717, 1.165) is 6.42 Å². The lowest BCUT2D eigenvalue weighted by molar-refractivity contribution is -0.148. The average Bonchev–Trinajstić information content (AvgIpc) is 2.33. The molecule has 1 saturated carbocycles. The van der Waals surface area contributed by atoms with Gasteiger partial charge in [0.2, 0.25) is 0 Å². The second kappa shape index (κ2) is 3.92. The quantitative estimate of drug-likeness (QED) is 0.595. The van der Waals surface area contributed by atoms with Crippen molar-refractivity contribution in [1.29, 1.82) is 0 Å². The van der Waals surface area contributed by atoms with Gasteiger partial charge in [-0.15, -0.1) is 0 Å². The zero-order chi connectivity index (χ0) is 9.14. The molecule has 1 fully saturated rings. The second-order valence-electron chi connectivity index (χ2n) is 3.99. The average molecular weight is 170 g/mol. The number of ether oxygens (including phenoxy) is 1. The van der Waals surface area contributed by atoms with Crippen LogP contribution in [-0.4, -0.2) is 12.1 Å². The monoisotopic (exact) mass is 170 g/mol. The lowest BCUT2D eigenvalue weighted by Gasteiger charge is -2.22. The molecule has 0 spiro atoms. The number of hydrogen-bond acceptors (Lipinski definition) is 2. The lowest BCUT2D eigenvalue weighted by atomic mass is 9.92. The minimum absolute atomic E-state index is 0.132. The van der Waals surface area contributed by atoms with Gasteiger partial charge in [-0.2, -0.15) is 0 Å². The highest BCUT2D eigenvalue weighted by Gasteiger charge is 2.31. The van der Waals surface area contributed by atoms with Crippen LogP contribution in [0.5, 0.6) is 0 Å². The molecule has 1 aliphatic carbocycles. The third-order valence-electron chi connectivity index (χ3n) is 2.68. The number of carbonyl (C=O) groups excluding carboxylic acids is 1. The SMILES string of the molecule is CC(=O)O[C@H]1CCC[C@H]1C(C)C. The first-order valence-corrected chi connectivity index (χ1v) is 4.78. The van der Waals surface area contributed by atoms with E-state index in [1.807, 2.05) is 0 Å². The van der Waals surface area contributed by atoms with E-state index < -0.39 is 0 Å². The van der Waals surface area contributed by atoms with E-state index in [0.29, 0.717) is 11.8 Å². The molecule has 1 rings (SSSR count). The Morgan fingerprint density at radius 3 is 2.58 bits per heavy atom. The molecule has 0 aromatic carbocycles. The molecular formula is C10H18O2. The van der Waals surface area contributed by atoms with Crippen molar-refractivity contribution in [2.75, 3.05) is 0 Å². The fourth-order valence-electron chi connectivity index (χ4n) is 2.08. The maximum Gasteiger partial charge on any atom is 0.302 e. The summed E-state index contributed by atoms with van der Waals surface area (Å²) in [5.41, 5.74) is 0. The fraction of sp³-hybridized carbons (Fsp3) is 0.900. The second-order valence-corrected chi connectivity index (χ2v) is 3.99. The molecular weight excluding hydrogens is 152 g/mol. The molecule has 0 aliphatic heterocycles. The largest absolute Gasteiger partial charge is 0.462 e. The zero-order valence-electron chi connectivity index (χ0n) is 8.17. The van der Waals surface area contributed by atoms with Gasteiger partial charge in [-0.3, -0.25) is 4.79 Å². The first-order valence-electron chi connectivity index (χ1n) is 4.78. The van der Waals surface area contributed by atoms with Crippen molar-refractivity contribution >= 4 is 5.97 Å². The maximum atomic E-state index is 10.7. The molecule has 0 heterocycles. The van der Waals surface area contributed by atoms with Gasteiger partial charge >= 0.3 is 5.97 Å². The van der Waals surface area contributed by atoms with Crippen LogP contribution in [0.1, 0.15) is 40.0 Å². The van der Waals surface area contributed by atoms with Crippen LogP contribution in [0.3, 0.4) is 0 Å². The van der Waals surface area contributed by atoms with Crippen LogP contribution in [0, 0.1) is 11.8 Å². The van der Waals surface area contributed by atoms with Crippen molar-refractivity contribution in [2.24, 2.45) is 11.8 Å². The van der Waals surface area contributed by atoms with Gasteiger partial charge in [0.25, 0.3) is 0 Å². The van der Waals surface area contributed by atoms with Crippen LogP contribution in [0.2, 0.25) is 0 Å². The topological polar surface area (TPSA) is 26.3 Å². The third kappa shape index (κ3) is 2.23. The van der Waals surface area contributed by atoms with E-state index in [-0.39, 0.29) is 12.1 Å². The number of esters is 1. The van der Waals surface area contributed by atoms with Crippen molar-refractivity contribution in [3.8, 4) is 0 Å². The van der Waals surface area contributed by atoms with Gasteiger partial charge < -0.3 is 4.74 Å². The van der Waals surface area contributed by atoms with Gasteiger partial charge in [0.1, 0.15) is 6.10 Å². The summed E-state index contributed by atoms with van der Waals surface area (Å²) in [6, 6.07) is 0. The molecule has 2 nitrogen and oxygen atoms in total. The van der Waals surface area contributed by atoms with Crippen molar-refractivity contribution in [3.05, 3.63) is 0 Å². The van der Waals surface area contributed by atoms with Crippen LogP contribution in [0.15, 0.2) is 0 Å². The van der Waals surface area contributed by atoms with Crippen molar-refractivity contribution < 1.29 is 9.53 Å². The summed E-state index contributed by atoms with van der Waals surface area (Å²) < 4.78 is 5.25. The summed E-state index contributed by atoms with van der Waals surface area (Å²) in [5.74, 6) is 1.10. The van der Waals surface area contributed by atoms with Crippen LogP contribution < -0.4 is 0 Å². The van der Waals surface area contributed by atoms with E-state index in [1.54, 1.807) is 0 Å². The Morgan fingerprint density at radius 2 is 2.08 bits per heavy atom. The first kappa shape index (κ1) is 9.56. The minimum atomic E-state index is -0.132. The predicted octanol–water partition coefficient (Wildman–Crippen LogP) is 2.37. The minimum Gasteiger partial charge on any atom is -0.462 e. The Labute approximate surface area is 74.3 Å². The first-order chi connectivity index (χ1) is 5.61. The number of rotatable bonds is 2. The highest BCUT2D eigenvalue weighted by molar-refractivity contribution is 5.66. The molecule has 0 radical (unpaired) electrons. The van der Waals surface area contributed by atoms with Crippen LogP contribution >= 0.6 is 0 Å². The Hall–Kier alpha value is -0.530. The molecule has 1 aliphatic rings. The van der Waals surface area contributed by atoms with Gasteiger partial charge in [0.15, 0.2) is 0 Å². The molecule has 0 amide bonds. The molecule has 0 bridgehead atoms. The fourth-order valence-corrected chi connectivity index (χ4v) is 2.08. The third-order valence-corrected chi connectivity index (χ3v) is 2.68. The molecule has 0 N–H and O–H groups in total. The lowest BCUT2D eigenvalue weighted by Crippen LogP contribution is -2.24. The van der Waals surface area contributed by atoms with Gasteiger partial charge in [-0.25, -0.2) is 0 Å². The predicted molar refractivity (Wildman–Crippen MR) is 47.7 cm³/mol. The standard InChI is InChI=1S/C10H18O2/c1-7(2)9-5-4-6-10(9)12-8(3)11/h7,9-10H,4-6H2,1-3H3/t9-,10-/m0/s1. The Bertz CT molecular complexity index is 163. The zero-order valence-corrected chi connectivity index (χ0v) is 8.17. The molecule has 2 atom stereocenters. The molecule has 0 aromatic heterocycles. The molecule has 70 valence electrons. The Morgan fingerprint density at radius 1 is 1.42 bits per heavy atom. The van der Waals surface area contributed by atoms with E-state index in [2.05, 4.69) is 13.8 Å². The van der Waals surface area contributed by atoms with Crippen LogP contribution in [0.4, 0.5) is 0 Å². The van der Waals surface area contributed by atoms with Crippen molar-refractivity contribution in [1.82, 2.24) is 0 Å². The van der Waals surface area contributed by atoms with E-state index in [4.69, 9.17) is 4.74 Å². The molecule has 2 heteroatoms. The summed E-state index contributed by atoms with van der Waals surface area (Å²) in [5, 5.41) is 0. The Kier molecular flexibility index (Phi) is 3.12. The van der Waals surface area contributed by atoms with E-state index in [1.165, 1.54) is 19.8 Å². The van der Waals surface area contributed by atoms with Gasteiger partial charge in [0, 0.05) is 6.92 Å².